The molecule has 0 unspecified atom stereocenters. The monoisotopic (exact) mass is 265 g/mol. The van der Waals surface area contributed by atoms with Crippen LogP contribution in [0.25, 0.3) is 0 Å². The van der Waals surface area contributed by atoms with Crippen LogP contribution < -0.4 is 14.8 Å². The number of nitrogens with one attached hydrogen (secondary N) is 1. The molecule has 2 N–H and O–H groups in total. The molecule has 1 aliphatic heterocycles. The highest BCUT2D eigenvalue weighted by atomic mass is 16.7. The summed E-state index contributed by atoms with van der Waals surface area (Å²) < 4.78 is 10.4. The first kappa shape index (κ1) is 13.2. The fraction of sp³-hybridized carbons (Fsp3) is 0.385. The smallest absolute Gasteiger partial charge is 0.328 e. The molecule has 0 saturated heterocycles. The third kappa shape index (κ3) is 2.96. The van der Waals surface area contributed by atoms with Crippen LogP contribution in [0.5, 0.6) is 11.5 Å². The molecule has 0 radical (unpaired) electrons. The summed E-state index contributed by atoms with van der Waals surface area (Å²) in [7, 11) is 0. The Kier molecular flexibility index (Phi) is 3.33. The first-order chi connectivity index (χ1) is 8.88. The van der Waals surface area contributed by atoms with Crippen LogP contribution in [-0.4, -0.2) is 29.3 Å². The molecule has 1 aromatic rings. The molecule has 0 spiro atoms. The number of aliphatic carboxylic acids is 1. The van der Waals surface area contributed by atoms with Gasteiger partial charge in [0.25, 0.3) is 0 Å². The summed E-state index contributed by atoms with van der Waals surface area (Å²) in [4.78, 5) is 22.7. The summed E-state index contributed by atoms with van der Waals surface area (Å²) in [5, 5.41) is 11.4. The van der Waals surface area contributed by atoms with Crippen molar-refractivity contribution in [2.24, 2.45) is 0 Å². The first-order valence-corrected chi connectivity index (χ1v) is 5.81. The van der Waals surface area contributed by atoms with Gasteiger partial charge in [-0.3, -0.25) is 4.79 Å². The molecule has 0 bridgehead atoms. The zero-order valence-electron chi connectivity index (χ0n) is 10.7. The van der Waals surface area contributed by atoms with Gasteiger partial charge in [-0.2, -0.15) is 0 Å². The third-order valence-electron chi connectivity index (χ3n) is 2.79. The normalized spacial score (nSPS) is 13.2. The highest BCUT2D eigenvalue weighted by Gasteiger charge is 2.28. The van der Waals surface area contributed by atoms with E-state index in [0.29, 0.717) is 11.5 Å². The average Bonchev–Trinajstić information content (AvgIpc) is 2.74. The molecule has 1 aliphatic rings. The number of fused-ring (bicyclic) bond motifs is 1. The van der Waals surface area contributed by atoms with E-state index in [1.807, 2.05) is 0 Å². The van der Waals surface area contributed by atoms with Gasteiger partial charge in [-0.15, -0.1) is 0 Å². The molecule has 0 atom stereocenters. The molecule has 1 heterocycles. The Morgan fingerprint density at radius 1 is 1.32 bits per heavy atom. The molecule has 0 saturated carbocycles. The van der Waals surface area contributed by atoms with Gasteiger partial charge in [-0.05, 0) is 31.5 Å². The number of carbonyl (C=O) groups is 2. The first-order valence-electron chi connectivity index (χ1n) is 5.81. The van der Waals surface area contributed by atoms with E-state index in [2.05, 4.69) is 5.32 Å². The number of amides is 1. The lowest BCUT2D eigenvalue weighted by molar-refractivity contribution is -0.145. The maximum atomic E-state index is 11.8. The minimum atomic E-state index is -1.28. The van der Waals surface area contributed by atoms with Gasteiger partial charge in [0, 0.05) is 0 Å². The van der Waals surface area contributed by atoms with E-state index in [9.17, 15) is 9.59 Å². The minimum Gasteiger partial charge on any atom is -0.480 e. The number of benzene rings is 1. The quantitative estimate of drug-likeness (QED) is 0.846. The Morgan fingerprint density at radius 3 is 2.68 bits per heavy atom. The number of hydrogen-bond donors (Lipinski definition) is 2. The summed E-state index contributed by atoms with van der Waals surface area (Å²) in [6, 6.07) is 5.20. The molecule has 1 aromatic carbocycles. The van der Waals surface area contributed by atoms with E-state index in [1.165, 1.54) is 13.8 Å². The fourth-order valence-corrected chi connectivity index (χ4v) is 1.68. The highest BCUT2D eigenvalue weighted by Crippen LogP contribution is 2.32. The Morgan fingerprint density at radius 2 is 2.00 bits per heavy atom. The Bertz CT molecular complexity index is 524. The molecule has 6 nitrogen and oxygen atoms in total. The van der Waals surface area contributed by atoms with Crippen LogP contribution in [0.1, 0.15) is 19.4 Å². The van der Waals surface area contributed by atoms with Crippen LogP contribution in [0, 0.1) is 0 Å². The van der Waals surface area contributed by atoms with Crippen LogP contribution >= 0.6 is 0 Å². The van der Waals surface area contributed by atoms with Crippen molar-refractivity contribution in [2.45, 2.75) is 25.8 Å². The molecule has 1 amide bonds. The van der Waals surface area contributed by atoms with E-state index in [-0.39, 0.29) is 19.1 Å². The number of carbonyl (C=O) groups excluding carboxylic acids is 1. The Labute approximate surface area is 110 Å². The highest BCUT2D eigenvalue weighted by molar-refractivity contribution is 5.87. The van der Waals surface area contributed by atoms with E-state index < -0.39 is 11.5 Å². The minimum absolute atomic E-state index is 0.0906. The van der Waals surface area contributed by atoms with Gasteiger partial charge in [0.1, 0.15) is 5.54 Å². The van der Waals surface area contributed by atoms with Crippen molar-refractivity contribution in [3.8, 4) is 11.5 Å². The summed E-state index contributed by atoms with van der Waals surface area (Å²) in [5.74, 6) is -0.185. The van der Waals surface area contributed by atoms with Crippen LogP contribution in [0.15, 0.2) is 18.2 Å². The van der Waals surface area contributed by atoms with Crippen LogP contribution in [0.4, 0.5) is 0 Å². The zero-order chi connectivity index (χ0) is 14.0. The second-order valence-corrected chi connectivity index (χ2v) is 4.84. The molecule has 2 rings (SSSR count). The third-order valence-corrected chi connectivity index (χ3v) is 2.79. The van der Waals surface area contributed by atoms with E-state index in [4.69, 9.17) is 14.6 Å². The topological polar surface area (TPSA) is 84.9 Å². The number of hydrogen-bond acceptors (Lipinski definition) is 4. The lowest BCUT2D eigenvalue weighted by atomic mass is 10.0. The fourth-order valence-electron chi connectivity index (χ4n) is 1.68. The second-order valence-electron chi connectivity index (χ2n) is 4.84. The summed E-state index contributed by atoms with van der Waals surface area (Å²) in [5.41, 5.74) is -0.545. The largest absolute Gasteiger partial charge is 0.480 e. The summed E-state index contributed by atoms with van der Waals surface area (Å²) in [6.45, 7) is 3.05. The second kappa shape index (κ2) is 4.79. The molecule has 6 heteroatoms. The van der Waals surface area contributed by atoms with Crippen LogP contribution in [0.3, 0.4) is 0 Å². The standard InChI is InChI=1S/C13H15NO5/c1-13(2,12(16)17)14-11(15)6-8-3-4-9-10(5-8)19-7-18-9/h3-5H,6-7H2,1-2H3,(H,14,15)(H,16,17). The van der Waals surface area contributed by atoms with Gasteiger partial charge in [-0.1, -0.05) is 6.07 Å². The van der Waals surface area contributed by atoms with Crippen LogP contribution in [-0.2, 0) is 16.0 Å². The van der Waals surface area contributed by atoms with Gasteiger partial charge in [-0.25, -0.2) is 4.79 Å². The van der Waals surface area contributed by atoms with Gasteiger partial charge in [0.05, 0.1) is 6.42 Å². The number of carboxylic acid groups (broad SMARTS) is 1. The summed E-state index contributed by atoms with van der Waals surface area (Å²) >= 11 is 0. The lowest BCUT2D eigenvalue weighted by Gasteiger charge is -2.20. The van der Waals surface area contributed by atoms with E-state index in [1.54, 1.807) is 18.2 Å². The predicted octanol–water partition coefficient (Wildman–Crippen LogP) is 0.937. The summed E-state index contributed by atoms with van der Waals surface area (Å²) in [6.07, 6.45) is 0.0906. The molecular weight excluding hydrogens is 250 g/mol. The molecule has 0 fully saturated rings. The molecule has 0 aromatic heterocycles. The van der Waals surface area contributed by atoms with Gasteiger partial charge >= 0.3 is 5.97 Å². The van der Waals surface area contributed by atoms with E-state index >= 15 is 0 Å². The molecule has 0 aliphatic carbocycles. The Balaban J connectivity index is 2.01. The number of carboxylic acids is 1. The van der Waals surface area contributed by atoms with E-state index in [0.717, 1.165) is 5.56 Å². The lowest BCUT2D eigenvalue weighted by Crippen LogP contribution is -2.50. The SMILES string of the molecule is CC(C)(NC(=O)Cc1ccc2c(c1)OCO2)C(=O)O. The zero-order valence-corrected chi connectivity index (χ0v) is 10.7. The Hall–Kier alpha value is -2.24. The van der Waals surface area contributed by atoms with Crippen molar-refractivity contribution in [2.75, 3.05) is 6.79 Å². The van der Waals surface area contributed by atoms with Crippen molar-refractivity contribution in [3.63, 3.8) is 0 Å². The maximum absolute atomic E-state index is 11.8. The average molecular weight is 265 g/mol. The predicted molar refractivity (Wildman–Crippen MR) is 66.1 cm³/mol. The van der Waals surface area contributed by atoms with Crippen molar-refractivity contribution in [1.82, 2.24) is 5.32 Å². The van der Waals surface area contributed by atoms with Gasteiger partial charge < -0.3 is 19.9 Å². The molecular formula is C13H15NO5. The van der Waals surface area contributed by atoms with Crippen molar-refractivity contribution < 1.29 is 24.2 Å². The number of rotatable bonds is 4. The van der Waals surface area contributed by atoms with Gasteiger partial charge in [0.15, 0.2) is 11.5 Å². The van der Waals surface area contributed by atoms with Crippen molar-refractivity contribution in [1.29, 1.82) is 0 Å². The maximum Gasteiger partial charge on any atom is 0.328 e. The molecule has 19 heavy (non-hydrogen) atoms. The van der Waals surface area contributed by atoms with Crippen LogP contribution in [0.2, 0.25) is 0 Å². The van der Waals surface area contributed by atoms with Gasteiger partial charge in [0.2, 0.25) is 12.7 Å². The number of ether oxygens (including phenoxy) is 2. The van der Waals surface area contributed by atoms with Crippen molar-refractivity contribution in [3.05, 3.63) is 23.8 Å². The van der Waals surface area contributed by atoms with Crippen molar-refractivity contribution >= 4 is 11.9 Å². The molecule has 102 valence electrons.